The SMILES string of the molecule is CN(C1CCOC1)S(=O)(=O)c1cc(Cl)cc(CN)c1F. The number of nitrogens with two attached hydrogens (primary N) is 1. The van der Waals surface area contributed by atoms with E-state index in [9.17, 15) is 12.8 Å². The Morgan fingerprint density at radius 3 is 2.80 bits per heavy atom. The summed E-state index contributed by atoms with van der Waals surface area (Å²) in [6.07, 6.45) is 0.585. The first-order valence-electron chi connectivity index (χ1n) is 6.11. The van der Waals surface area contributed by atoms with Crippen LogP contribution in [0, 0.1) is 5.82 Å². The maximum absolute atomic E-state index is 14.2. The Balaban J connectivity index is 2.45. The second-order valence-corrected chi connectivity index (χ2v) is 7.02. The molecule has 1 fully saturated rings. The summed E-state index contributed by atoms with van der Waals surface area (Å²) in [5.41, 5.74) is 5.48. The minimum atomic E-state index is -3.97. The Hall–Kier alpha value is -0.730. The molecule has 0 aliphatic carbocycles. The van der Waals surface area contributed by atoms with E-state index in [-0.39, 0.29) is 23.2 Å². The third-order valence-electron chi connectivity index (χ3n) is 3.38. The molecule has 1 atom stereocenters. The van der Waals surface area contributed by atoms with Gasteiger partial charge in [0.25, 0.3) is 0 Å². The van der Waals surface area contributed by atoms with Crippen molar-refractivity contribution in [3.63, 3.8) is 0 Å². The third kappa shape index (κ3) is 2.82. The van der Waals surface area contributed by atoms with Crippen LogP contribution >= 0.6 is 11.6 Å². The number of ether oxygens (including phenoxy) is 1. The van der Waals surface area contributed by atoms with Gasteiger partial charge in [0.05, 0.1) is 12.6 Å². The molecule has 1 aliphatic heterocycles. The number of benzene rings is 1. The van der Waals surface area contributed by atoms with E-state index in [1.54, 1.807) is 0 Å². The maximum Gasteiger partial charge on any atom is 0.246 e. The lowest BCUT2D eigenvalue weighted by Crippen LogP contribution is -2.37. The van der Waals surface area contributed by atoms with Crippen LogP contribution in [-0.4, -0.2) is 39.0 Å². The van der Waals surface area contributed by atoms with Gasteiger partial charge in [-0.05, 0) is 18.6 Å². The van der Waals surface area contributed by atoms with Crippen molar-refractivity contribution in [3.05, 3.63) is 28.5 Å². The van der Waals surface area contributed by atoms with Gasteiger partial charge in [0.1, 0.15) is 10.7 Å². The first-order chi connectivity index (χ1) is 9.37. The predicted octanol–water partition coefficient (Wildman–Crippen LogP) is 1.35. The number of hydrogen-bond donors (Lipinski definition) is 1. The highest BCUT2D eigenvalue weighted by Crippen LogP contribution is 2.27. The van der Waals surface area contributed by atoms with Gasteiger partial charge >= 0.3 is 0 Å². The Morgan fingerprint density at radius 2 is 2.25 bits per heavy atom. The van der Waals surface area contributed by atoms with E-state index in [1.165, 1.54) is 13.1 Å². The summed E-state index contributed by atoms with van der Waals surface area (Å²) in [5.74, 6) is -0.845. The number of sulfonamides is 1. The van der Waals surface area contributed by atoms with Gasteiger partial charge in [-0.3, -0.25) is 0 Å². The molecule has 0 amide bonds. The molecule has 0 aromatic heterocycles. The van der Waals surface area contributed by atoms with Crippen LogP contribution in [-0.2, 0) is 21.3 Å². The average molecular weight is 323 g/mol. The van der Waals surface area contributed by atoms with E-state index in [0.29, 0.717) is 19.6 Å². The lowest BCUT2D eigenvalue weighted by atomic mass is 10.2. The number of halogens is 2. The van der Waals surface area contributed by atoms with Crippen LogP contribution in [0.5, 0.6) is 0 Å². The molecule has 112 valence electrons. The fourth-order valence-corrected chi connectivity index (χ4v) is 3.92. The summed E-state index contributed by atoms with van der Waals surface area (Å²) in [7, 11) is -2.56. The Labute approximate surface area is 122 Å². The quantitative estimate of drug-likeness (QED) is 0.908. The Kier molecular flexibility index (Phi) is 4.66. The lowest BCUT2D eigenvalue weighted by Gasteiger charge is -2.23. The zero-order chi connectivity index (χ0) is 14.9. The molecule has 1 aromatic rings. The molecule has 20 heavy (non-hydrogen) atoms. The van der Waals surface area contributed by atoms with Crippen molar-refractivity contribution < 1.29 is 17.5 Å². The fraction of sp³-hybridized carbons (Fsp3) is 0.500. The molecule has 2 rings (SSSR count). The highest BCUT2D eigenvalue weighted by molar-refractivity contribution is 7.89. The molecule has 5 nitrogen and oxygen atoms in total. The van der Waals surface area contributed by atoms with Crippen LogP contribution in [0.2, 0.25) is 5.02 Å². The van der Waals surface area contributed by atoms with Crippen LogP contribution in [0.25, 0.3) is 0 Å². The molecule has 1 unspecified atom stereocenters. The zero-order valence-electron chi connectivity index (χ0n) is 11.0. The molecule has 1 aliphatic rings. The summed E-state index contributed by atoms with van der Waals surface area (Å²) in [6, 6.07) is 2.14. The molecule has 0 saturated carbocycles. The molecule has 1 aromatic carbocycles. The first-order valence-corrected chi connectivity index (χ1v) is 7.93. The first kappa shape index (κ1) is 15.7. The van der Waals surface area contributed by atoms with Gasteiger partial charge in [-0.2, -0.15) is 4.31 Å². The summed E-state index contributed by atoms with van der Waals surface area (Å²) in [6.45, 7) is 0.684. The van der Waals surface area contributed by atoms with E-state index in [1.807, 2.05) is 0 Å². The lowest BCUT2D eigenvalue weighted by molar-refractivity contribution is 0.180. The highest BCUT2D eigenvalue weighted by Gasteiger charge is 2.33. The van der Waals surface area contributed by atoms with Crippen molar-refractivity contribution in [2.75, 3.05) is 20.3 Å². The second-order valence-electron chi connectivity index (χ2n) is 4.62. The summed E-state index contributed by atoms with van der Waals surface area (Å²) in [4.78, 5) is -0.445. The monoisotopic (exact) mass is 322 g/mol. The Bertz CT molecular complexity index is 603. The van der Waals surface area contributed by atoms with Crippen LogP contribution in [0.1, 0.15) is 12.0 Å². The average Bonchev–Trinajstić information content (AvgIpc) is 2.93. The van der Waals surface area contributed by atoms with Crippen LogP contribution in [0.15, 0.2) is 17.0 Å². The smallest absolute Gasteiger partial charge is 0.246 e. The van der Waals surface area contributed by atoms with Crippen molar-refractivity contribution in [1.29, 1.82) is 0 Å². The van der Waals surface area contributed by atoms with Crippen molar-refractivity contribution in [2.45, 2.75) is 23.9 Å². The molecule has 0 radical (unpaired) electrons. The molecule has 1 saturated heterocycles. The molecule has 0 spiro atoms. The van der Waals surface area contributed by atoms with Gasteiger partial charge in [0, 0.05) is 30.8 Å². The van der Waals surface area contributed by atoms with E-state index in [2.05, 4.69) is 0 Å². The van der Waals surface area contributed by atoms with E-state index in [0.717, 1.165) is 10.4 Å². The summed E-state index contributed by atoms with van der Waals surface area (Å²) < 4.78 is 45.5. The fourth-order valence-electron chi connectivity index (χ4n) is 2.11. The van der Waals surface area contributed by atoms with Crippen LogP contribution in [0.3, 0.4) is 0 Å². The van der Waals surface area contributed by atoms with Gasteiger partial charge in [-0.1, -0.05) is 11.6 Å². The summed E-state index contributed by atoms with van der Waals surface area (Å²) >= 11 is 5.84. The topological polar surface area (TPSA) is 72.6 Å². The van der Waals surface area contributed by atoms with Crippen molar-refractivity contribution >= 4 is 21.6 Å². The molecular formula is C12H16ClFN2O3S. The van der Waals surface area contributed by atoms with E-state index < -0.39 is 20.7 Å². The number of nitrogens with zero attached hydrogens (tertiary/aromatic N) is 1. The normalized spacial score (nSPS) is 19.8. The number of hydrogen-bond acceptors (Lipinski definition) is 4. The van der Waals surface area contributed by atoms with E-state index >= 15 is 0 Å². The minimum absolute atomic E-state index is 0.0761. The largest absolute Gasteiger partial charge is 0.380 e. The minimum Gasteiger partial charge on any atom is -0.380 e. The standard InChI is InChI=1S/C12H16ClFN2O3S/c1-16(10-2-3-19-7-10)20(17,18)11-5-9(13)4-8(6-15)12(11)14/h4-5,10H,2-3,6-7,15H2,1H3. The third-order valence-corrected chi connectivity index (χ3v) is 5.50. The van der Waals surface area contributed by atoms with Gasteiger partial charge < -0.3 is 10.5 Å². The summed E-state index contributed by atoms with van der Waals surface area (Å²) in [5, 5.41) is 0.140. The van der Waals surface area contributed by atoms with Gasteiger partial charge in [0.15, 0.2) is 0 Å². The van der Waals surface area contributed by atoms with Gasteiger partial charge in [0.2, 0.25) is 10.0 Å². The van der Waals surface area contributed by atoms with Crippen molar-refractivity contribution in [2.24, 2.45) is 5.73 Å². The predicted molar refractivity (Wildman–Crippen MR) is 73.5 cm³/mol. The molecule has 2 N–H and O–H groups in total. The number of likely N-dealkylation sites (N-methyl/N-ethyl adjacent to an activating group) is 1. The van der Waals surface area contributed by atoms with Gasteiger partial charge in [-0.15, -0.1) is 0 Å². The number of rotatable bonds is 4. The van der Waals surface area contributed by atoms with Crippen molar-refractivity contribution in [1.82, 2.24) is 4.31 Å². The highest BCUT2D eigenvalue weighted by atomic mass is 35.5. The van der Waals surface area contributed by atoms with Gasteiger partial charge in [-0.25, -0.2) is 12.8 Å². The second kappa shape index (κ2) is 5.95. The molecular weight excluding hydrogens is 307 g/mol. The zero-order valence-corrected chi connectivity index (χ0v) is 12.5. The van der Waals surface area contributed by atoms with Crippen LogP contribution in [0.4, 0.5) is 4.39 Å². The Morgan fingerprint density at radius 1 is 1.55 bits per heavy atom. The molecule has 1 heterocycles. The van der Waals surface area contributed by atoms with Crippen LogP contribution < -0.4 is 5.73 Å². The molecule has 0 bridgehead atoms. The van der Waals surface area contributed by atoms with Crippen molar-refractivity contribution in [3.8, 4) is 0 Å². The molecule has 8 heteroatoms. The maximum atomic E-state index is 14.2. The van der Waals surface area contributed by atoms with E-state index in [4.69, 9.17) is 22.1 Å².